The number of rotatable bonds is 9. The van der Waals surface area contributed by atoms with Crippen molar-refractivity contribution in [2.45, 2.75) is 12.6 Å². The number of hydrogen-bond acceptors (Lipinski definition) is 7. The van der Waals surface area contributed by atoms with Gasteiger partial charge in [-0.05, 0) is 30.3 Å². The molecular formula is C18H16ClF3N2O6. The first-order valence-electron chi connectivity index (χ1n) is 8.35. The number of methoxy groups -OCH3 is 1. The zero-order valence-electron chi connectivity index (χ0n) is 15.5. The Balaban J connectivity index is 2.11. The molecule has 0 aliphatic carbocycles. The maximum Gasteiger partial charge on any atom is 0.416 e. The first-order valence-corrected chi connectivity index (χ1v) is 8.73. The Labute approximate surface area is 173 Å². The number of benzene rings is 2. The summed E-state index contributed by atoms with van der Waals surface area (Å²) in [4.78, 5) is 26.6. The predicted molar refractivity (Wildman–Crippen MR) is 99.3 cm³/mol. The molecule has 0 atom stereocenters. The van der Waals surface area contributed by atoms with Crippen molar-refractivity contribution < 1.29 is 37.2 Å². The molecule has 0 aliphatic rings. The highest BCUT2D eigenvalue weighted by molar-refractivity contribution is 6.32. The first-order chi connectivity index (χ1) is 14.1. The van der Waals surface area contributed by atoms with Gasteiger partial charge in [-0.2, -0.15) is 18.7 Å². The lowest BCUT2D eigenvalue weighted by atomic mass is 10.1. The van der Waals surface area contributed by atoms with Gasteiger partial charge in [0.15, 0.2) is 0 Å². The number of esters is 1. The van der Waals surface area contributed by atoms with Gasteiger partial charge >= 0.3 is 12.1 Å². The van der Waals surface area contributed by atoms with Crippen molar-refractivity contribution in [3.8, 4) is 11.5 Å². The number of alkyl halides is 3. The topological polar surface area (TPSA) is 99.9 Å². The third kappa shape index (κ3) is 6.58. The quantitative estimate of drug-likeness (QED) is 0.264. The molecule has 30 heavy (non-hydrogen) atoms. The molecule has 2 aromatic rings. The summed E-state index contributed by atoms with van der Waals surface area (Å²) in [5.41, 5.74) is 1.47. The summed E-state index contributed by atoms with van der Waals surface area (Å²) in [5.74, 6) is -0.454. The van der Waals surface area contributed by atoms with E-state index >= 15 is 0 Å². The van der Waals surface area contributed by atoms with E-state index in [0.29, 0.717) is 0 Å². The highest BCUT2D eigenvalue weighted by Gasteiger charge is 2.31. The summed E-state index contributed by atoms with van der Waals surface area (Å²) in [6.45, 7) is -0.212. The minimum atomic E-state index is -4.55. The minimum Gasteiger partial charge on any atom is -0.468 e. The van der Waals surface area contributed by atoms with E-state index in [9.17, 15) is 28.1 Å². The molecule has 0 amide bonds. The Morgan fingerprint density at radius 1 is 1.23 bits per heavy atom. The molecule has 0 saturated heterocycles. The Morgan fingerprint density at radius 3 is 2.57 bits per heavy atom. The van der Waals surface area contributed by atoms with Crippen LogP contribution in [0.3, 0.4) is 0 Å². The number of nitrogens with zero attached hydrogens (tertiary/aromatic N) is 1. The van der Waals surface area contributed by atoms with Crippen LogP contribution in [0, 0.1) is 10.1 Å². The number of nitro benzene ring substituents is 1. The number of nitrogens with one attached hydrogen (secondary N) is 1. The zero-order chi connectivity index (χ0) is 22.3. The van der Waals surface area contributed by atoms with Crippen LogP contribution < -0.4 is 10.2 Å². The fraction of sp³-hybridized carbons (Fsp3) is 0.278. The number of ether oxygens (including phenoxy) is 2. The maximum atomic E-state index is 12.7. The fourth-order valence-corrected chi connectivity index (χ4v) is 2.53. The van der Waals surface area contributed by atoms with Gasteiger partial charge in [0.1, 0.15) is 18.0 Å². The highest BCUT2D eigenvalue weighted by Crippen LogP contribution is 2.37. The lowest BCUT2D eigenvalue weighted by Crippen LogP contribution is -2.25. The molecule has 0 fully saturated rings. The number of carbonyl (C=O) groups is 1. The Bertz CT molecular complexity index is 923. The normalized spacial score (nSPS) is 11.2. The first kappa shape index (κ1) is 23.4. The van der Waals surface area contributed by atoms with Crippen LogP contribution in [-0.4, -0.2) is 31.2 Å². The van der Waals surface area contributed by atoms with Crippen molar-refractivity contribution in [2.75, 3.05) is 20.3 Å². The van der Waals surface area contributed by atoms with Crippen LogP contribution in [0.5, 0.6) is 11.5 Å². The van der Waals surface area contributed by atoms with Gasteiger partial charge in [-0.25, -0.2) is 0 Å². The van der Waals surface area contributed by atoms with Crippen molar-refractivity contribution in [1.29, 1.82) is 0 Å². The molecule has 0 heterocycles. The summed E-state index contributed by atoms with van der Waals surface area (Å²) >= 11 is 5.86. The van der Waals surface area contributed by atoms with Gasteiger partial charge in [-0.15, -0.1) is 0 Å². The number of hydroxylamine groups is 1. The standard InChI is InChI=1S/C18H16ClF3N2O6/c1-28-17(25)10-23-29-7-6-11-8-13(3-4-15(11)24(26)27)30-16-5-2-12(9-14(16)19)18(20,21)22/h2-5,8-9,23H,6-7,10H2,1H3. The zero-order valence-corrected chi connectivity index (χ0v) is 16.2. The van der Waals surface area contributed by atoms with E-state index in [0.717, 1.165) is 18.2 Å². The van der Waals surface area contributed by atoms with Gasteiger partial charge in [0.2, 0.25) is 0 Å². The van der Waals surface area contributed by atoms with Crippen LogP contribution in [0.1, 0.15) is 11.1 Å². The second-order valence-corrected chi connectivity index (χ2v) is 6.20. The van der Waals surface area contributed by atoms with E-state index in [1.54, 1.807) is 0 Å². The SMILES string of the molecule is COC(=O)CNOCCc1cc(Oc2ccc(C(F)(F)F)cc2Cl)ccc1[N+](=O)[O-]. The number of nitro groups is 1. The Kier molecular flexibility index (Phi) is 7.98. The monoisotopic (exact) mass is 448 g/mol. The summed E-state index contributed by atoms with van der Waals surface area (Å²) in [5, 5.41) is 10.9. The van der Waals surface area contributed by atoms with Gasteiger partial charge in [0, 0.05) is 18.1 Å². The van der Waals surface area contributed by atoms with E-state index in [2.05, 4.69) is 10.2 Å². The average Bonchev–Trinajstić information content (AvgIpc) is 2.68. The molecule has 0 bridgehead atoms. The van der Waals surface area contributed by atoms with Crippen molar-refractivity contribution in [2.24, 2.45) is 0 Å². The Morgan fingerprint density at radius 2 is 1.97 bits per heavy atom. The van der Waals surface area contributed by atoms with E-state index in [1.807, 2.05) is 0 Å². The van der Waals surface area contributed by atoms with E-state index in [1.165, 1.54) is 25.3 Å². The molecule has 0 aliphatic heterocycles. The molecule has 1 N–H and O–H groups in total. The molecule has 0 saturated carbocycles. The van der Waals surface area contributed by atoms with Crippen molar-refractivity contribution in [3.05, 3.63) is 62.7 Å². The summed E-state index contributed by atoms with van der Waals surface area (Å²) in [6, 6.07) is 6.46. The third-order valence-corrected chi connectivity index (χ3v) is 4.05. The molecule has 0 unspecified atom stereocenters. The third-order valence-electron chi connectivity index (χ3n) is 3.75. The van der Waals surface area contributed by atoms with Gasteiger partial charge < -0.3 is 14.3 Å². The van der Waals surface area contributed by atoms with Crippen LogP contribution in [-0.2, 0) is 27.0 Å². The second-order valence-electron chi connectivity index (χ2n) is 5.79. The van der Waals surface area contributed by atoms with Gasteiger partial charge in [0.25, 0.3) is 5.69 Å². The summed E-state index contributed by atoms with van der Waals surface area (Å²) in [6.07, 6.45) is -4.47. The van der Waals surface area contributed by atoms with Gasteiger partial charge in [0.05, 0.1) is 29.2 Å². The molecule has 2 aromatic carbocycles. The summed E-state index contributed by atoms with van der Waals surface area (Å²) < 4.78 is 48.1. The number of hydrogen-bond donors (Lipinski definition) is 1. The molecule has 0 radical (unpaired) electrons. The lowest BCUT2D eigenvalue weighted by Gasteiger charge is -2.12. The van der Waals surface area contributed by atoms with Crippen molar-refractivity contribution in [1.82, 2.24) is 5.48 Å². The maximum absolute atomic E-state index is 12.7. The highest BCUT2D eigenvalue weighted by atomic mass is 35.5. The molecule has 2 rings (SSSR count). The minimum absolute atomic E-state index is 0.0116. The molecular weight excluding hydrogens is 433 g/mol. The second kappa shape index (κ2) is 10.2. The fourth-order valence-electron chi connectivity index (χ4n) is 2.31. The van der Waals surface area contributed by atoms with Crippen LogP contribution in [0.4, 0.5) is 18.9 Å². The van der Waals surface area contributed by atoms with Crippen LogP contribution in [0.15, 0.2) is 36.4 Å². The van der Waals surface area contributed by atoms with Crippen molar-refractivity contribution in [3.63, 3.8) is 0 Å². The van der Waals surface area contributed by atoms with E-state index in [-0.39, 0.29) is 47.3 Å². The van der Waals surface area contributed by atoms with Gasteiger partial charge in [-0.3, -0.25) is 14.9 Å². The predicted octanol–water partition coefficient (Wildman–Crippen LogP) is 4.30. The summed E-state index contributed by atoms with van der Waals surface area (Å²) in [7, 11) is 1.21. The molecule has 8 nitrogen and oxygen atoms in total. The van der Waals surface area contributed by atoms with Crippen LogP contribution in [0.2, 0.25) is 5.02 Å². The van der Waals surface area contributed by atoms with E-state index in [4.69, 9.17) is 21.2 Å². The molecule has 12 heteroatoms. The molecule has 0 aromatic heterocycles. The molecule has 162 valence electrons. The average molecular weight is 449 g/mol. The van der Waals surface area contributed by atoms with Crippen LogP contribution in [0.25, 0.3) is 0 Å². The van der Waals surface area contributed by atoms with Crippen molar-refractivity contribution >= 4 is 23.3 Å². The number of halogens is 4. The molecule has 0 spiro atoms. The number of carbonyl (C=O) groups excluding carboxylic acids is 1. The Hall–Kier alpha value is -2.89. The largest absolute Gasteiger partial charge is 0.468 e. The van der Waals surface area contributed by atoms with Crippen LogP contribution >= 0.6 is 11.6 Å². The van der Waals surface area contributed by atoms with E-state index < -0.39 is 22.6 Å². The smallest absolute Gasteiger partial charge is 0.416 e. The lowest BCUT2D eigenvalue weighted by molar-refractivity contribution is -0.385. The van der Waals surface area contributed by atoms with Gasteiger partial charge in [-0.1, -0.05) is 11.6 Å².